The molecule has 0 amide bonds. The molecule has 0 aromatic rings. The van der Waals surface area contributed by atoms with E-state index in [1.165, 1.54) is 0 Å². The van der Waals surface area contributed by atoms with E-state index in [4.69, 9.17) is 9.47 Å². The van der Waals surface area contributed by atoms with Crippen molar-refractivity contribution in [1.29, 1.82) is 0 Å². The molecule has 1 unspecified atom stereocenters. The highest BCUT2D eigenvalue weighted by Crippen LogP contribution is 2.32. The maximum Gasteiger partial charge on any atom is 0.173 e. The van der Waals surface area contributed by atoms with Crippen LogP contribution in [0.2, 0.25) is 0 Å². The van der Waals surface area contributed by atoms with E-state index in [1.807, 2.05) is 0 Å². The number of hydrogen-bond donors (Lipinski definition) is 1. The first-order valence-electron chi connectivity index (χ1n) is 4.32. The highest BCUT2D eigenvalue weighted by atomic mass is 16.7. The van der Waals surface area contributed by atoms with Gasteiger partial charge in [-0.2, -0.15) is 0 Å². The molecular weight excluding hydrogens is 142 g/mol. The lowest BCUT2D eigenvalue weighted by Crippen LogP contribution is -2.49. The Balaban J connectivity index is 2.07. The molecule has 2 aliphatic heterocycles. The third kappa shape index (κ3) is 1.17. The second-order valence-electron chi connectivity index (χ2n) is 3.36. The predicted molar refractivity (Wildman–Crippen MR) is 41.3 cm³/mol. The molecule has 0 saturated carbocycles. The predicted octanol–water partition coefficient (Wildman–Crippen LogP) is 0.359. The molecule has 0 aliphatic carbocycles. The molecule has 64 valence electrons. The number of ether oxygens (including phenoxy) is 2. The minimum atomic E-state index is -0.231. The van der Waals surface area contributed by atoms with Gasteiger partial charge in [0, 0.05) is 25.4 Å². The first kappa shape index (κ1) is 7.53. The van der Waals surface area contributed by atoms with Gasteiger partial charge in [-0.25, -0.2) is 0 Å². The number of rotatable bonds is 0. The van der Waals surface area contributed by atoms with E-state index in [0.29, 0.717) is 5.92 Å². The van der Waals surface area contributed by atoms with Crippen molar-refractivity contribution in [2.45, 2.75) is 19.1 Å². The van der Waals surface area contributed by atoms with Crippen LogP contribution in [-0.4, -0.2) is 32.1 Å². The Morgan fingerprint density at radius 1 is 1.36 bits per heavy atom. The quantitative estimate of drug-likeness (QED) is 0.550. The fourth-order valence-corrected chi connectivity index (χ4v) is 1.88. The molecule has 11 heavy (non-hydrogen) atoms. The van der Waals surface area contributed by atoms with Gasteiger partial charge >= 0.3 is 0 Å². The lowest BCUT2D eigenvalue weighted by Gasteiger charge is -2.37. The van der Waals surface area contributed by atoms with Gasteiger partial charge in [0.15, 0.2) is 5.79 Å². The van der Waals surface area contributed by atoms with Crippen molar-refractivity contribution >= 4 is 0 Å². The van der Waals surface area contributed by atoms with Crippen molar-refractivity contribution in [2.75, 3.05) is 26.3 Å². The molecule has 1 N–H and O–H groups in total. The summed E-state index contributed by atoms with van der Waals surface area (Å²) in [5.41, 5.74) is 0. The zero-order valence-corrected chi connectivity index (χ0v) is 6.93. The van der Waals surface area contributed by atoms with Gasteiger partial charge in [-0.15, -0.1) is 0 Å². The normalized spacial score (nSPS) is 36.3. The second-order valence-corrected chi connectivity index (χ2v) is 3.36. The molecule has 3 heteroatoms. The lowest BCUT2D eigenvalue weighted by atomic mass is 9.94. The van der Waals surface area contributed by atoms with Crippen LogP contribution in [0.15, 0.2) is 0 Å². The SMILES string of the molecule is CC1CNCCC12OCCO2. The van der Waals surface area contributed by atoms with E-state index in [1.54, 1.807) is 0 Å². The summed E-state index contributed by atoms with van der Waals surface area (Å²) in [6.07, 6.45) is 0.994. The van der Waals surface area contributed by atoms with E-state index in [9.17, 15) is 0 Å². The second kappa shape index (κ2) is 2.73. The molecule has 0 bridgehead atoms. The highest BCUT2D eigenvalue weighted by Gasteiger charge is 2.43. The fourth-order valence-electron chi connectivity index (χ4n) is 1.88. The molecule has 0 aromatic heterocycles. The third-order valence-electron chi connectivity index (χ3n) is 2.63. The van der Waals surface area contributed by atoms with Crippen LogP contribution in [0.4, 0.5) is 0 Å². The Kier molecular flexibility index (Phi) is 1.87. The molecule has 1 spiro atoms. The Labute approximate surface area is 67.1 Å². The van der Waals surface area contributed by atoms with E-state index in [2.05, 4.69) is 12.2 Å². The molecule has 3 nitrogen and oxygen atoms in total. The van der Waals surface area contributed by atoms with Crippen LogP contribution in [0.25, 0.3) is 0 Å². The number of hydrogen-bond acceptors (Lipinski definition) is 3. The average Bonchev–Trinajstić information content (AvgIpc) is 2.46. The molecule has 2 heterocycles. The van der Waals surface area contributed by atoms with Crippen LogP contribution in [0, 0.1) is 5.92 Å². The largest absolute Gasteiger partial charge is 0.347 e. The Bertz CT molecular complexity index is 143. The maximum atomic E-state index is 5.63. The van der Waals surface area contributed by atoms with Crippen molar-refractivity contribution in [1.82, 2.24) is 5.32 Å². The standard InChI is InChI=1S/C8H15NO2/c1-7-6-9-3-2-8(7)10-4-5-11-8/h7,9H,2-6H2,1H3. The van der Waals surface area contributed by atoms with Crippen molar-refractivity contribution in [3.63, 3.8) is 0 Å². The summed E-state index contributed by atoms with van der Waals surface area (Å²) in [7, 11) is 0. The zero-order valence-electron chi connectivity index (χ0n) is 6.93. The summed E-state index contributed by atoms with van der Waals surface area (Å²) < 4.78 is 11.3. The number of nitrogens with one attached hydrogen (secondary N) is 1. The number of piperidine rings is 1. The Morgan fingerprint density at radius 3 is 2.73 bits per heavy atom. The van der Waals surface area contributed by atoms with Gasteiger partial charge in [0.25, 0.3) is 0 Å². The topological polar surface area (TPSA) is 30.5 Å². The Hall–Kier alpha value is -0.120. The van der Waals surface area contributed by atoms with Gasteiger partial charge in [-0.05, 0) is 0 Å². The summed E-state index contributed by atoms with van der Waals surface area (Å²) in [5, 5.41) is 3.33. The summed E-state index contributed by atoms with van der Waals surface area (Å²) in [5.74, 6) is 0.254. The zero-order chi connectivity index (χ0) is 7.73. The summed E-state index contributed by atoms with van der Waals surface area (Å²) in [6, 6.07) is 0. The van der Waals surface area contributed by atoms with Crippen LogP contribution >= 0.6 is 0 Å². The van der Waals surface area contributed by atoms with Crippen LogP contribution in [0.5, 0.6) is 0 Å². The molecule has 1 atom stereocenters. The molecule has 2 fully saturated rings. The molecular formula is C8H15NO2. The minimum Gasteiger partial charge on any atom is -0.347 e. The lowest BCUT2D eigenvalue weighted by molar-refractivity contribution is -0.202. The summed E-state index contributed by atoms with van der Waals surface area (Å²) in [4.78, 5) is 0. The van der Waals surface area contributed by atoms with Crippen molar-refractivity contribution < 1.29 is 9.47 Å². The van der Waals surface area contributed by atoms with Crippen LogP contribution < -0.4 is 5.32 Å². The summed E-state index contributed by atoms with van der Waals surface area (Å²) in [6.45, 7) is 5.75. The van der Waals surface area contributed by atoms with Gasteiger partial charge in [-0.3, -0.25) is 0 Å². The van der Waals surface area contributed by atoms with Gasteiger partial charge in [0.05, 0.1) is 13.2 Å². The summed E-state index contributed by atoms with van der Waals surface area (Å²) >= 11 is 0. The van der Waals surface area contributed by atoms with Gasteiger partial charge in [0.1, 0.15) is 0 Å². The maximum absolute atomic E-state index is 5.63. The highest BCUT2D eigenvalue weighted by molar-refractivity contribution is 4.86. The van der Waals surface area contributed by atoms with Crippen LogP contribution in [-0.2, 0) is 9.47 Å². The molecule has 0 aromatic carbocycles. The molecule has 2 aliphatic rings. The average molecular weight is 157 g/mol. The minimum absolute atomic E-state index is 0.231. The first-order valence-corrected chi connectivity index (χ1v) is 4.32. The van der Waals surface area contributed by atoms with E-state index >= 15 is 0 Å². The van der Waals surface area contributed by atoms with Gasteiger partial charge in [0.2, 0.25) is 0 Å². The first-order chi connectivity index (χ1) is 5.33. The Morgan fingerprint density at radius 2 is 2.09 bits per heavy atom. The van der Waals surface area contributed by atoms with Crippen LogP contribution in [0.3, 0.4) is 0 Å². The fraction of sp³-hybridized carbons (Fsp3) is 1.00. The van der Waals surface area contributed by atoms with E-state index in [-0.39, 0.29) is 5.79 Å². The van der Waals surface area contributed by atoms with Crippen molar-refractivity contribution in [3.8, 4) is 0 Å². The smallest absolute Gasteiger partial charge is 0.173 e. The van der Waals surface area contributed by atoms with Crippen LogP contribution in [0.1, 0.15) is 13.3 Å². The van der Waals surface area contributed by atoms with Crippen molar-refractivity contribution in [3.05, 3.63) is 0 Å². The molecule has 0 radical (unpaired) electrons. The molecule has 2 saturated heterocycles. The molecule has 2 rings (SSSR count). The monoisotopic (exact) mass is 157 g/mol. The van der Waals surface area contributed by atoms with E-state index < -0.39 is 0 Å². The van der Waals surface area contributed by atoms with Gasteiger partial charge < -0.3 is 14.8 Å². The third-order valence-corrected chi connectivity index (χ3v) is 2.63. The van der Waals surface area contributed by atoms with E-state index in [0.717, 1.165) is 32.7 Å². The van der Waals surface area contributed by atoms with Gasteiger partial charge in [-0.1, -0.05) is 6.92 Å². The van der Waals surface area contributed by atoms with Crippen molar-refractivity contribution in [2.24, 2.45) is 5.92 Å².